The molecule has 1 saturated heterocycles. The lowest BCUT2D eigenvalue weighted by molar-refractivity contribution is -0.384. The minimum absolute atomic E-state index is 0.0338. The molecule has 0 saturated carbocycles. The third kappa shape index (κ3) is 4.60. The van der Waals surface area contributed by atoms with Crippen LogP contribution in [0.3, 0.4) is 0 Å². The van der Waals surface area contributed by atoms with Gasteiger partial charge in [0.25, 0.3) is 11.6 Å². The Balaban J connectivity index is 1.78. The molecule has 1 fully saturated rings. The molecule has 1 atom stereocenters. The van der Waals surface area contributed by atoms with E-state index in [1.165, 1.54) is 6.07 Å². The molecule has 1 N–H and O–H groups in total. The zero-order valence-electron chi connectivity index (χ0n) is 16.2. The number of anilines is 2. The van der Waals surface area contributed by atoms with Gasteiger partial charge < -0.3 is 15.0 Å². The van der Waals surface area contributed by atoms with Crippen molar-refractivity contribution in [3.05, 3.63) is 58.1 Å². The fraction of sp³-hybridized carbons (Fsp3) is 0.381. The largest absolute Gasteiger partial charge is 0.494 e. The predicted octanol–water partition coefficient (Wildman–Crippen LogP) is 4.48. The highest BCUT2D eigenvalue weighted by atomic mass is 16.6. The standard InChI is InChI=1S/C21H25N3O4/c1-3-28-18-9-7-17(8-10-18)22-21(25)16-6-11-19(20(13-16)24(26)27)23-12-4-5-15(2)14-23/h6-11,13,15H,3-5,12,14H2,1-2H3,(H,22,25)/t15-/m1/s1. The van der Waals surface area contributed by atoms with Crippen molar-refractivity contribution in [3.63, 3.8) is 0 Å². The Morgan fingerprint density at radius 1 is 1.29 bits per heavy atom. The van der Waals surface area contributed by atoms with E-state index in [9.17, 15) is 14.9 Å². The van der Waals surface area contributed by atoms with Crippen LogP contribution in [0.1, 0.15) is 37.0 Å². The Bertz CT molecular complexity index is 851. The first-order valence-electron chi connectivity index (χ1n) is 9.55. The number of amides is 1. The molecule has 0 bridgehead atoms. The summed E-state index contributed by atoms with van der Waals surface area (Å²) in [7, 11) is 0. The minimum atomic E-state index is -0.414. The molecular formula is C21H25N3O4. The van der Waals surface area contributed by atoms with Gasteiger partial charge in [0.15, 0.2) is 0 Å². The summed E-state index contributed by atoms with van der Waals surface area (Å²) in [5.74, 6) is 0.832. The lowest BCUT2D eigenvalue weighted by Gasteiger charge is -2.32. The number of nitrogens with one attached hydrogen (secondary N) is 1. The van der Waals surface area contributed by atoms with Crippen LogP contribution in [0.25, 0.3) is 0 Å². The van der Waals surface area contributed by atoms with Crippen molar-refractivity contribution in [1.29, 1.82) is 0 Å². The number of hydrogen-bond acceptors (Lipinski definition) is 5. The quantitative estimate of drug-likeness (QED) is 0.587. The number of carbonyl (C=O) groups is 1. The van der Waals surface area contributed by atoms with Gasteiger partial charge in [0.1, 0.15) is 11.4 Å². The SMILES string of the molecule is CCOc1ccc(NC(=O)c2ccc(N3CCC[C@@H](C)C3)c([N+](=O)[O-])c2)cc1. The number of hydrogen-bond donors (Lipinski definition) is 1. The van der Waals surface area contributed by atoms with Gasteiger partial charge in [-0.1, -0.05) is 6.92 Å². The molecule has 1 aliphatic rings. The molecule has 3 rings (SSSR count). The predicted molar refractivity (Wildman–Crippen MR) is 109 cm³/mol. The van der Waals surface area contributed by atoms with Crippen LogP contribution in [0.4, 0.5) is 17.1 Å². The number of nitrogens with zero attached hydrogens (tertiary/aromatic N) is 2. The number of piperidine rings is 1. The number of ether oxygens (including phenoxy) is 1. The zero-order chi connectivity index (χ0) is 20.1. The Hall–Kier alpha value is -3.09. The van der Waals surface area contributed by atoms with E-state index >= 15 is 0 Å². The molecule has 0 aliphatic carbocycles. The molecule has 1 aliphatic heterocycles. The molecule has 148 valence electrons. The van der Waals surface area contributed by atoms with E-state index in [1.54, 1.807) is 36.4 Å². The van der Waals surface area contributed by atoms with E-state index < -0.39 is 4.92 Å². The topological polar surface area (TPSA) is 84.7 Å². The smallest absolute Gasteiger partial charge is 0.293 e. The maximum Gasteiger partial charge on any atom is 0.293 e. The van der Waals surface area contributed by atoms with Crippen molar-refractivity contribution >= 4 is 23.0 Å². The van der Waals surface area contributed by atoms with E-state index in [1.807, 2.05) is 11.8 Å². The van der Waals surface area contributed by atoms with Gasteiger partial charge in [0, 0.05) is 30.4 Å². The van der Waals surface area contributed by atoms with Gasteiger partial charge in [-0.25, -0.2) is 0 Å². The fourth-order valence-electron chi connectivity index (χ4n) is 3.49. The Morgan fingerprint density at radius 3 is 2.68 bits per heavy atom. The van der Waals surface area contributed by atoms with Crippen LogP contribution in [0.5, 0.6) is 5.75 Å². The molecule has 0 spiro atoms. The summed E-state index contributed by atoms with van der Waals surface area (Å²) in [5, 5.41) is 14.4. The Kier molecular flexibility index (Phi) is 6.13. The van der Waals surface area contributed by atoms with Crippen LogP contribution in [0.2, 0.25) is 0 Å². The molecule has 7 nitrogen and oxygen atoms in total. The van der Waals surface area contributed by atoms with Gasteiger partial charge in [0.05, 0.1) is 11.5 Å². The van der Waals surface area contributed by atoms with Crippen molar-refractivity contribution < 1.29 is 14.5 Å². The van der Waals surface area contributed by atoms with Gasteiger partial charge in [-0.2, -0.15) is 0 Å². The summed E-state index contributed by atoms with van der Waals surface area (Å²) < 4.78 is 5.38. The summed E-state index contributed by atoms with van der Waals surface area (Å²) in [6, 6.07) is 11.7. The first kappa shape index (κ1) is 19.7. The second kappa shape index (κ2) is 8.73. The summed E-state index contributed by atoms with van der Waals surface area (Å²) in [6.07, 6.45) is 2.14. The molecule has 2 aromatic carbocycles. The van der Waals surface area contributed by atoms with Crippen LogP contribution < -0.4 is 15.0 Å². The number of carbonyl (C=O) groups excluding carboxylic acids is 1. The van der Waals surface area contributed by atoms with Crippen molar-refractivity contribution in [1.82, 2.24) is 0 Å². The summed E-state index contributed by atoms with van der Waals surface area (Å²) >= 11 is 0. The van der Waals surface area contributed by atoms with E-state index in [0.29, 0.717) is 23.9 Å². The van der Waals surface area contributed by atoms with Gasteiger partial charge in [-0.15, -0.1) is 0 Å². The van der Waals surface area contributed by atoms with Crippen LogP contribution in [0, 0.1) is 16.0 Å². The number of rotatable bonds is 6. The molecule has 2 aromatic rings. The Labute approximate surface area is 164 Å². The van der Waals surface area contributed by atoms with Crippen LogP contribution >= 0.6 is 0 Å². The van der Waals surface area contributed by atoms with Crippen LogP contribution in [-0.4, -0.2) is 30.5 Å². The number of nitro benzene ring substituents is 1. The zero-order valence-corrected chi connectivity index (χ0v) is 16.2. The van der Waals surface area contributed by atoms with Crippen molar-refractivity contribution in [2.45, 2.75) is 26.7 Å². The molecule has 0 aromatic heterocycles. The number of nitro groups is 1. The highest BCUT2D eigenvalue weighted by Gasteiger charge is 2.25. The van der Waals surface area contributed by atoms with Gasteiger partial charge in [-0.3, -0.25) is 14.9 Å². The van der Waals surface area contributed by atoms with Gasteiger partial charge in [-0.05, 0) is 62.1 Å². The number of benzene rings is 2. The molecule has 28 heavy (non-hydrogen) atoms. The molecule has 0 unspecified atom stereocenters. The van der Waals surface area contributed by atoms with Gasteiger partial charge in [0.2, 0.25) is 0 Å². The third-order valence-electron chi connectivity index (χ3n) is 4.86. The average Bonchev–Trinajstić information content (AvgIpc) is 2.69. The van der Waals surface area contributed by atoms with Crippen LogP contribution in [0.15, 0.2) is 42.5 Å². The Morgan fingerprint density at radius 2 is 2.04 bits per heavy atom. The maximum absolute atomic E-state index is 12.6. The maximum atomic E-state index is 12.6. The summed E-state index contributed by atoms with van der Waals surface area (Å²) in [4.78, 5) is 25.8. The second-order valence-corrected chi connectivity index (χ2v) is 7.07. The first-order chi connectivity index (χ1) is 13.5. The molecule has 1 amide bonds. The lowest BCUT2D eigenvalue weighted by atomic mass is 9.99. The molecule has 0 radical (unpaired) electrons. The monoisotopic (exact) mass is 383 g/mol. The fourth-order valence-corrected chi connectivity index (χ4v) is 3.49. The molecule has 7 heteroatoms. The molecular weight excluding hydrogens is 358 g/mol. The molecule has 1 heterocycles. The van der Waals surface area contributed by atoms with E-state index in [2.05, 4.69) is 12.2 Å². The van der Waals surface area contributed by atoms with E-state index in [4.69, 9.17) is 4.74 Å². The van der Waals surface area contributed by atoms with Crippen molar-refractivity contribution in [2.24, 2.45) is 5.92 Å². The minimum Gasteiger partial charge on any atom is -0.494 e. The van der Waals surface area contributed by atoms with E-state index in [0.717, 1.165) is 31.7 Å². The summed E-state index contributed by atoms with van der Waals surface area (Å²) in [6.45, 7) is 6.20. The first-order valence-corrected chi connectivity index (χ1v) is 9.55. The van der Waals surface area contributed by atoms with Gasteiger partial charge >= 0.3 is 0 Å². The summed E-state index contributed by atoms with van der Waals surface area (Å²) in [5.41, 5.74) is 1.40. The second-order valence-electron chi connectivity index (χ2n) is 7.07. The highest BCUT2D eigenvalue weighted by molar-refractivity contribution is 6.05. The lowest BCUT2D eigenvalue weighted by Crippen LogP contribution is -2.34. The average molecular weight is 383 g/mol. The van der Waals surface area contributed by atoms with Crippen LogP contribution in [-0.2, 0) is 0 Å². The van der Waals surface area contributed by atoms with E-state index in [-0.39, 0.29) is 17.2 Å². The van der Waals surface area contributed by atoms with Crippen molar-refractivity contribution in [2.75, 3.05) is 29.9 Å². The van der Waals surface area contributed by atoms with Crippen molar-refractivity contribution in [3.8, 4) is 5.75 Å². The third-order valence-corrected chi connectivity index (χ3v) is 4.86. The normalized spacial score (nSPS) is 16.5. The highest BCUT2D eigenvalue weighted by Crippen LogP contribution is 2.32.